The lowest BCUT2D eigenvalue weighted by Crippen LogP contribution is -2.41. The Balaban J connectivity index is 1.91. The first-order valence-electron chi connectivity index (χ1n) is 12.3. The Morgan fingerprint density at radius 2 is 1.86 bits per heavy atom. The number of unbranched alkanes of at least 4 members (excludes halogenated alkanes) is 1. The van der Waals surface area contributed by atoms with Gasteiger partial charge in [0.15, 0.2) is 5.82 Å². The van der Waals surface area contributed by atoms with Crippen LogP contribution in [0.1, 0.15) is 52.5 Å². The molecule has 0 aliphatic heterocycles. The van der Waals surface area contributed by atoms with Crippen LogP contribution in [0.5, 0.6) is 5.75 Å². The standard InChI is InChI=1S/C27H38N6O4/c1-7-16-29-25-30-18-20(24(32-25)31-21-12-14-22(36-6)15-13-21)11-9-8-10-17-28-23(34)19-33(5)26(35)37-27(2,3)4/h12-15,18H,7-8,10,16-17,19H2,1-6H3,(H,28,34)(H2,29,30,31,32). The lowest BCUT2D eigenvalue weighted by molar-refractivity contribution is -0.122. The monoisotopic (exact) mass is 510 g/mol. The molecule has 37 heavy (non-hydrogen) atoms. The van der Waals surface area contributed by atoms with Crippen LogP contribution in [0.3, 0.4) is 0 Å². The first-order chi connectivity index (χ1) is 17.6. The van der Waals surface area contributed by atoms with Gasteiger partial charge in [0.05, 0.1) is 18.9 Å². The highest BCUT2D eigenvalue weighted by molar-refractivity contribution is 5.82. The number of ether oxygens (including phenoxy) is 2. The maximum absolute atomic E-state index is 12.1. The molecular formula is C27H38N6O4. The van der Waals surface area contributed by atoms with Gasteiger partial charge in [0.2, 0.25) is 11.9 Å². The molecule has 0 saturated carbocycles. The second-order valence-corrected chi connectivity index (χ2v) is 9.33. The fraction of sp³-hybridized carbons (Fsp3) is 0.481. The Labute approximate surface area is 219 Å². The Morgan fingerprint density at radius 1 is 1.14 bits per heavy atom. The van der Waals surface area contributed by atoms with Crippen LogP contribution < -0.4 is 20.7 Å². The molecule has 1 aromatic heterocycles. The third-order valence-electron chi connectivity index (χ3n) is 4.78. The molecule has 2 amide bonds. The summed E-state index contributed by atoms with van der Waals surface area (Å²) >= 11 is 0. The van der Waals surface area contributed by atoms with E-state index in [2.05, 4.69) is 44.7 Å². The van der Waals surface area contributed by atoms with Crippen molar-refractivity contribution in [1.82, 2.24) is 20.2 Å². The molecule has 0 fully saturated rings. The smallest absolute Gasteiger partial charge is 0.410 e. The van der Waals surface area contributed by atoms with Crippen molar-refractivity contribution in [1.29, 1.82) is 0 Å². The molecule has 3 N–H and O–H groups in total. The van der Waals surface area contributed by atoms with Crippen molar-refractivity contribution in [3.05, 3.63) is 36.0 Å². The lowest BCUT2D eigenvalue weighted by atomic mass is 10.2. The molecule has 200 valence electrons. The van der Waals surface area contributed by atoms with Crippen molar-refractivity contribution >= 4 is 29.5 Å². The van der Waals surface area contributed by atoms with Gasteiger partial charge in [-0.1, -0.05) is 18.8 Å². The number of rotatable bonds is 11. The topological polar surface area (TPSA) is 118 Å². The van der Waals surface area contributed by atoms with E-state index in [1.54, 1.807) is 34.1 Å². The molecule has 10 nitrogen and oxygen atoms in total. The van der Waals surface area contributed by atoms with Crippen LogP contribution in [-0.4, -0.2) is 66.3 Å². The SMILES string of the molecule is CCCNc1ncc(C#CCCCNC(=O)CN(C)C(=O)OC(C)(C)C)c(Nc2ccc(OC)cc2)n1. The van der Waals surface area contributed by atoms with E-state index in [9.17, 15) is 9.59 Å². The van der Waals surface area contributed by atoms with Gasteiger partial charge >= 0.3 is 6.09 Å². The number of aromatic nitrogens is 2. The van der Waals surface area contributed by atoms with Crippen LogP contribution in [0, 0.1) is 11.8 Å². The summed E-state index contributed by atoms with van der Waals surface area (Å²) in [5.41, 5.74) is 0.908. The van der Waals surface area contributed by atoms with Gasteiger partial charge in [-0.3, -0.25) is 4.79 Å². The average molecular weight is 511 g/mol. The van der Waals surface area contributed by atoms with Gasteiger partial charge in [-0.05, 0) is 57.9 Å². The quantitative estimate of drug-likeness (QED) is 0.305. The molecular weight excluding hydrogens is 472 g/mol. The minimum Gasteiger partial charge on any atom is -0.497 e. The summed E-state index contributed by atoms with van der Waals surface area (Å²) in [5.74, 6) is 7.89. The van der Waals surface area contributed by atoms with E-state index in [0.717, 1.165) is 24.4 Å². The Bertz CT molecular complexity index is 1090. The summed E-state index contributed by atoms with van der Waals surface area (Å²) in [6.07, 6.45) is 3.34. The van der Waals surface area contributed by atoms with Gasteiger partial charge in [0.25, 0.3) is 0 Å². The molecule has 0 unspecified atom stereocenters. The van der Waals surface area contributed by atoms with Gasteiger partial charge in [-0.25, -0.2) is 9.78 Å². The first kappa shape index (κ1) is 29.2. The average Bonchev–Trinajstić information content (AvgIpc) is 2.85. The van der Waals surface area contributed by atoms with E-state index in [1.165, 1.54) is 11.9 Å². The number of benzene rings is 1. The zero-order chi connectivity index (χ0) is 27.3. The maximum atomic E-state index is 12.1. The van der Waals surface area contributed by atoms with Crippen molar-refractivity contribution < 1.29 is 19.1 Å². The summed E-state index contributed by atoms with van der Waals surface area (Å²) in [7, 11) is 3.15. The highest BCUT2D eigenvalue weighted by Crippen LogP contribution is 2.21. The van der Waals surface area contributed by atoms with E-state index in [0.29, 0.717) is 36.7 Å². The van der Waals surface area contributed by atoms with E-state index in [4.69, 9.17) is 9.47 Å². The number of methoxy groups -OCH3 is 1. The fourth-order valence-electron chi connectivity index (χ4n) is 2.94. The summed E-state index contributed by atoms with van der Waals surface area (Å²) < 4.78 is 10.5. The minimum absolute atomic E-state index is 0.0727. The van der Waals surface area contributed by atoms with E-state index in [1.807, 2.05) is 24.3 Å². The molecule has 10 heteroatoms. The van der Waals surface area contributed by atoms with Crippen molar-refractivity contribution in [2.75, 3.05) is 44.4 Å². The number of hydrogen-bond donors (Lipinski definition) is 3. The largest absolute Gasteiger partial charge is 0.497 e. The number of anilines is 3. The summed E-state index contributed by atoms with van der Waals surface area (Å²) in [6.45, 7) is 8.56. The van der Waals surface area contributed by atoms with Crippen molar-refractivity contribution in [2.45, 2.75) is 52.6 Å². The van der Waals surface area contributed by atoms with Gasteiger partial charge in [-0.15, -0.1) is 0 Å². The molecule has 0 saturated heterocycles. The number of likely N-dealkylation sites (N-methyl/N-ethyl adjacent to an activating group) is 1. The molecule has 1 aromatic carbocycles. The maximum Gasteiger partial charge on any atom is 0.410 e. The van der Waals surface area contributed by atoms with Gasteiger partial charge in [-0.2, -0.15) is 4.98 Å². The third-order valence-corrected chi connectivity index (χ3v) is 4.78. The highest BCUT2D eigenvalue weighted by Gasteiger charge is 2.20. The minimum atomic E-state index is -0.609. The van der Waals surface area contributed by atoms with E-state index >= 15 is 0 Å². The van der Waals surface area contributed by atoms with Crippen LogP contribution in [0.25, 0.3) is 0 Å². The second kappa shape index (κ2) is 14.5. The zero-order valence-electron chi connectivity index (χ0n) is 22.6. The molecule has 0 radical (unpaired) electrons. The van der Waals surface area contributed by atoms with Crippen LogP contribution in [0.4, 0.5) is 22.2 Å². The Kier molecular flexibility index (Phi) is 11.5. The predicted molar refractivity (Wildman–Crippen MR) is 145 cm³/mol. The highest BCUT2D eigenvalue weighted by atomic mass is 16.6. The number of amides is 2. The summed E-state index contributed by atoms with van der Waals surface area (Å²) in [5, 5.41) is 9.29. The van der Waals surface area contributed by atoms with Gasteiger partial charge in [0.1, 0.15) is 17.9 Å². The van der Waals surface area contributed by atoms with Crippen LogP contribution in [-0.2, 0) is 9.53 Å². The molecule has 1 heterocycles. The van der Waals surface area contributed by atoms with Gasteiger partial charge < -0.3 is 30.3 Å². The zero-order valence-corrected chi connectivity index (χ0v) is 22.6. The van der Waals surface area contributed by atoms with Crippen LogP contribution in [0.15, 0.2) is 30.5 Å². The predicted octanol–water partition coefficient (Wildman–Crippen LogP) is 4.17. The molecule has 0 spiro atoms. The third kappa shape index (κ3) is 11.1. The normalized spacial score (nSPS) is 10.5. The Hall–Kier alpha value is -4.00. The number of nitrogens with zero attached hydrogens (tertiary/aromatic N) is 3. The van der Waals surface area contributed by atoms with E-state index < -0.39 is 11.7 Å². The molecule has 0 atom stereocenters. The van der Waals surface area contributed by atoms with E-state index in [-0.39, 0.29) is 12.5 Å². The van der Waals surface area contributed by atoms with Gasteiger partial charge in [0, 0.05) is 32.2 Å². The lowest BCUT2D eigenvalue weighted by Gasteiger charge is -2.24. The van der Waals surface area contributed by atoms with Crippen LogP contribution in [0.2, 0.25) is 0 Å². The summed E-state index contributed by atoms with van der Waals surface area (Å²) in [4.78, 5) is 34.3. The molecule has 0 bridgehead atoms. The molecule has 0 aliphatic carbocycles. The van der Waals surface area contributed by atoms with Crippen molar-refractivity contribution in [3.8, 4) is 17.6 Å². The number of carbonyl (C=O) groups is 2. The fourth-order valence-corrected chi connectivity index (χ4v) is 2.94. The Morgan fingerprint density at radius 3 is 2.51 bits per heavy atom. The van der Waals surface area contributed by atoms with Crippen LogP contribution >= 0.6 is 0 Å². The number of hydrogen-bond acceptors (Lipinski definition) is 8. The van der Waals surface area contributed by atoms with Crippen molar-refractivity contribution in [3.63, 3.8) is 0 Å². The molecule has 2 aromatic rings. The summed E-state index contributed by atoms with van der Waals surface area (Å²) in [6, 6.07) is 7.54. The molecule has 2 rings (SSSR count). The van der Waals surface area contributed by atoms with Crippen molar-refractivity contribution in [2.24, 2.45) is 0 Å². The molecule has 0 aliphatic rings. The first-order valence-corrected chi connectivity index (χ1v) is 12.3. The second-order valence-electron chi connectivity index (χ2n) is 9.33. The number of nitrogens with one attached hydrogen (secondary N) is 3. The number of carbonyl (C=O) groups excluding carboxylic acids is 2.